The number of rotatable bonds is 5. The minimum Gasteiger partial charge on any atom is -0.321 e. The Labute approximate surface area is 194 Å². The number of amides is 1. The highest BCUT2D eigenvalue weighted by molar-refractivity contribution is 7.89. The summed E-state index contributed by atoms with van der Waals surface area (Å²) in [4.78, 5) is 13.5. The first kappa shape index (κ1) is 21.9. The van der Waals surface area contributed by atoms with E-state index in [9.17, 15) is 13.2 Å². The smallest absolute Gasteiger partial charge is 0.276 e. The summed E-state index contributed by atoms with van der Waals surface area (Å²) in [6.45, 7) is 2.87. The Morgan fingerprint density at radius 2 is 1.73 bits per heavy atom. The molecular formula is C25H28N4O3S. The van der Waals surface area contributed by atoms with Gasteiger partial charge in [0.2, 0.25) is 10.0 Å². The zero-order valence-electron chi connectivity index (χ0n) is 18.8. The number of anilines is 1. The van der Waals surface area contributed by atoms with Crippen LogP contribution in [0.25, 0.3) is 5.69 Å². The fourth-order valence-corrected chi connectivity index (χ4v) is 6.56. The van der Waals surface area contributed by atoms with Crippen molar-refractivity contribution in [3.8, 4) is 5.69 Å². The summed E-state index contributed by atoms with van der Waals surface area (Å²) >= 11 is 0. The number of hydrogen-bond donors (Lipinski definition) is 1. The van der Waals surface area contributed by atoms with Gasteiger partial charge in [0.1, 0.15) is 0 Å². The maximum atomic E-state index is 13.2. The van der Waals surface area contributed by atoms with Gasteiger partial charge < -0.3 is 5.32 Å². The number of nitrogens with zero attached hydrogens (tertiary/aromatic N) is 3. The van der Waals surface area contributed by atoms with Crippen molar-refractivity contribution in [1.82, 2.24) is 14.1 Å². The molecule has 0 spiro atoms. The first-order valence-electron chi connectivity index (χ1n) is 11.5. The average Bonchev–Trinajstić information content (AvgIpc) is 3.44. The molecule has 5 rings (SSSR count). The lowest BCUT2D eigenvalue weighted by Gasteiger charge is -2.26. The highest BCUT2D eigenvalue weighted by Crippen LogP contribution is 2.30. The molecule has 1 aliphatic heterocycles. The number of fused-ring (bicyclic) bond motifs is 1. The van der Waals surface area contributed by atoms with Crippen molar-refractivity contribution < 1.29 is 13.2 Å². The minimum absolute atomic E-state index is 0.252. The zero-order chi connectivity index (χ0) is 23.0. The van der Waals surface area contributed by atoms with Crippen molar-refractivity contribution in [3.05, 3.63) is 71.0 Å². The van der Waals surface area contributed by atoms with Crippen LogP contribution in [0.3, 0.4) is 0 Å². The normalized spacial score (nSPS) is 16.5. The molecule has 2 aliphatic rings. The van der Waals surface area contributed by atoms with Crippen molar-refractivity contribution in [1.29, 1.82) is 0 Å². The van der Waals surface area contributed by atoms with Crippen LogP contribution in [-0.4, -0.2) is 41.5 Å². The summed E-state index contributed by atoms with van der Waals surface area (Å²) in [5, 5.41) is 7.54. The molecule has 0 atom stereocenters. The lowest BCUT2D eigenvalue weighted by Crippen LogP contribution is -2.36. The maximum Gasteiger partial charge on any atom is 0.276 e. The minimum atomic E-state index is -3.59. The van der Waals surface area contributed by atoms with Crippen LogP contribution in [0.2, 0.25) is 0 Å². The highest BCUT2D eigenvalue weighted by atomic mass is 32.2. The molecule has 8 heteroatoms. The molecule has 2 aromatic carbocycles. The van der Waals surface area contributed by atoms with Crippen LogP contribution in [0.15, 0.2) is 53.4 Å². The molecule has 1 N–H and O–H groups in total. The molecular weight excluding hydrogens is 436 g/mol. The molecule has 0 saturated carbocycles. The predicted molar refractivity (Wildman–Crippen MR) is 127 cm³/mol. The molecule has 7 nitrogen and oxygen atoms in total. The average molecular weight is 465 g/mol. The van der Waals surface area contributed by atoms with E-state index >= 15 is 0 Å². The lowest BCUT2D eigenvalue weighted by molar-refractivity contribution is 0.102. The molecule has 1 aliphatic carbocycles. The summed E-state index contributed by atoms with van der Waals surface area (Å²) in [6.07, 6.45) is 5.50. The van der Waals surface area contributed by atoms with Crippen LogP contribution in [0.1, 0.15) is 53.0 Å². The molecule has 0 radical (unpaired) electrons. The second-order valence-electron chi connectivity index (χ2n) is 8.77. The number of sulfonamides is 1. The Bertz CT molecular complexity index is 1290. The third-order valence-corrected chi connectivity index (χ3v) is 8.57. The van der Waals surface area contributed by atoms with Gasteiger partial charge in [0.05, 0.1) is 10.6 Å². The number of piperidine rings is 1. The summed E-state index contributed by atoms with van der Waals surface area (Å²) in [5.41, 5.74) is 4.52. The van der Waals surface area contributed by atoms with Crippen LogP contribution in [0.4, 0.5) is 5.69 Å². The fraction of sp³-hybridized carbons (Fsp3) is 0.360. The third kappa shape index (κ3) is 4.09. The van der Waals surface area contributed by atoms with Gasteiger partial charge in [-0.1, -0.05) is 30.7 Å². The van der Waals surface area contributed by atoms with E-state index in [0.29, 0.717) is 30.0 Å². The van der Waals surface area contributed by atoms with Crippen LogP contribution >= 0.6 is 0 Å². The molecule has 0 bridgehead atoms. The van der Waals surface area contributed by atoms with E-state index in [1.165, 1.54) is 0 Å². The van der Waals surface area contributed by atoms with Crippen LogP contribution in [0.5, 0.6) is 0 Å². The first-order chi connectivity index (χ1) is 15.9. The summed E-state index contributed by atoms with van der Waals surface area (Å²) in [7, 11) is -3.59. The summed E-state index contributed by atoms with van der Waals surface area (Å²) in [6, 6.07) is 14.9. The Balaban J connectivity index is 1.44. The number of carbonyl (C=O) groups is 1. The van der Waals surface area contributed by atoms with Crippen LogP contribution in [0, 0.1) is 6.92 Å². The van der Waals surface area contributed by atoms with Gasteiger partial charge >= 0.3 is 0 Å². The van der Waals surface area contributed by atoms with Gasteiger partial charge in [-0.2, -0.15) is 9.40 Å². The molecule has 172 valence electrons. The van der Waals surface area contributed by atoms with Gasteiger partial charge in [-0.15, -0.1) is 0 Å². The highest BCUT2D eigenvalue weighted by Gasteiger charge is 2.29. The van der Waals surface area contributed by atoms with E-state index in [1.54, 1.807) is 29.4 Å². The van der Waals surface area contributed by atoms with Crippen molar-refractivity contribution in [2.75, 3.05) is 18.4 Å². The second-order valence-corrected chi connectivity index (χ2v) is 10.7. The molecule has 0 unspecified atom stereocenters. The fourth-order valence-electron chi connectivity index (χ4n) is 4.79. The molecule has 1 fully saturated rings. The largest absolute Gasteiger partial charge is 0.321 e. The maximum absolute atomic E-state index is 13.2. The van der Waals surface area contributed by atoms with Gasteiger partial charge in [0.25, 0.3) is 5.91 Å². The molecule has 3 aromatic rings. The van der Waals surface area contributed by atoms with Gasteiger partial charge in [-0.25, -0.2) is 13.1 Å². The Hall–Kier alpha value is -2.97. The van der Waals surface area contributed by atoms with E-state index in [0.717, 1.165) is 55.5 Å². The zero-order valence-corrected chi connectivity index (χ0v) is 19.6. The summed E-state index contributed by atoms with van der Waals surface area (Å²) < 4.78 is 29.9. The number of carbonyl (C=O) groups excluding carboxylic acids is 1. The van der Waals surface area contributed by atoms with Gasteiger partial charge in [-0.3, -0.25) is 4.79 Å². The van der Waals surface area contributed by atoms with Crippen molar-refractivity contribution in [2.24, 2.45) is 0 Å². The molecule has 33 heavy (non-hydrogen) atoms. The lowest BCUT2D eigenvalue weighted by atomic mass is 10.2. The Kier molecular flexibility index (Phi) is 5.80. The van der Waals surface area contributed by atoms with Crippen molar-refractivity contribution in [2.45, 2.75) is 50.3 Å². The first-order valence-corrected chi connectivity index (χ1v) is 13.0. The standard InChI is InChI=1S/C25H28N4O3S/c1-18-13-14-19(17-23(18)33(31,32)28-15-6-3-7-16-28)26-25(30)24-21-11-8-12-22(21)29(27-24)20-9-4-2-5-10-20/h2,4-5,9-10,13-14,17H,3,6-8,11-12,15-16H2,1H3,(H,26,30). The third-order valence-electron chi connectivity index (χ3n) is 6.52. The SMILES string of the molecule is Cc1ccc(NC(=O)c2nn(-c3ccccc3)c3c2CCC3)cc1S(=O)(=O)N1CCCCC1. The Morgan fingerprint density at radius 1 is 0.970 bits per heavy atom. The van der Waals surface area contributed by atoms with Crippen molar-refractivity contribution in [3.63, 3.8) is 0 Å². The second kappa shape index (κ2) is 8.76. The predicted octanol–water partition coefficient (Wildman–Crippen LogP) is 4.10. The van der Waals surface area contributed by atoms with Crippen LogP contribution in [-0.2, 0) is 22.9 Å². The van der Waals surface area contributed by atoms with E-state index in [-0.39, 0.29) is 10.8 Å². The Morgan fingerprint density at radius 3 is 2.48 bits per heavy atom. The number of aromatic nitrogens is 2. The monoisotopic (exact) mass is 464 g/mol. The van der Waals surface area contributed by atoms with Gasteiger partial charge in [0, 0.05) is 30.0 Å². The number of benzene rings is 2. The van der Waals surface area contributed by atoms with E-state index in [1.807, 2.05) is 35.0 Å². The number of nitrogens with one attached hydrogen (secondary N) is 1. The molecule has 2 heterocycles. The van der Waals surface area contributed by atoms with Gasteiger partial charge in [-0.05, 0) is 68.9 Å². The number of aryl methyl sites for hydroxylation is 1. The molecule has 1 amide bonds. The van der Waals surface area contributed by atoms with Crippen molar-refractivity contribution >= 4 is 21.6 Å². The van der Waals surface area contributed by atoms with E-state index < -0.39 is 10.0 Å². The quantitative estimate of drug-likeness (QED) is 0.616. The number of para-hydroxylation sites is 1. The van der Waals surface area contributed by atoms with E-state index in [2.05, 4.69) is 10.4 Å². The topological polar surface area (TPSA) is 84.3 Å². The van der Waals surface area contributed by atoms with E-state index in [4.69, 9.17) is 0 Å². The molecule has 1 saturated heterocycles. The number of hydrogen-bond acceptors (Lipinski definition) is 4. The molecule has 1 aromatic heterocycles. The van der Waals surface area contributed by atoms with Gasteiger partial charge in [0.15, 0.2) is 5.69 Å². The summed E-state index contributed by atoms with van der Waals surface area (Å²) in [5.74, 6) is -0.312. The van der Waals surface area contributed by atoms with Crippen LogP contribution < -0.4 is 5.32 Å².